The smallest absolute Gasteiger partial charge is 0.154 e. The fourth-order valence-electron chi connectivity index (χ4n) is 3.17. The molecule has 0 amide bonds. The second-order valence-corrected chi connectivity index (χ2v) is 6.84. The van der Waals surface area contributed by atoms with Crippen LogP contribution in [0.4, 0.5) is 0 Å². The Morgan fingerprint density at radius 3 is 2.37 bits per heavy atom. The van der Waals surface area contributed by atoms with E-state index in [2.05, 4.69) is 9.97 Å². The van der Waals surface area contributed by atoms with Crippen LogP contribution >= 0.6 is 0 Å². The van der Waals surface area contributed by atoms with Gasteiger partial charge in [0, 0.05) is 12.8 Å². The van der Waals surface area contributed by atoms with Crippen molar-refractivity contribution >= 4 is 16.8 Å². The van der Waals surface area contributed by atoms with Crippen LogP contribution in [0.1, 0.15) is 22.4 Å². The molecule has 4 heteroatoms. The minimum atomic E-state index is 0.190. The first-order valence-electron chi connectivity index (χ1n) is 8.97. The van der Waals surface area contributed by atoms with Gasteiger partial charge in [0.05, 0.1) is 23.0 Å². The van der Waals surface area contributed by atoms with Crippen molar-refractivity contribution in [3.63, 3.8) is 0 Å². The highest BCUT2D eigenvalue weighted by Crippen LogP contribution is 2.24. The molecule has 0 fully saturated rings. The largest absolute Gasteiger partial charge is 0.463 e. The average Bonchev–Trinajstić information content (AvgIpc) is 3.17. The van der Waals surface area contributed by atoms with Crippen LogP contribution in [0.15, 0.2) is 65.3 Å². The van der Waals surface area contributed by atoms with E-state index in [1.54, 1.807) is 6.26 Å². The van der Waals surface area contributed by atoms with E-state index in [1.165, 1.54) is 5.56 Å². The molecular formula is C23H20N2O2. The molecule has 2 aromatic carbocycles. The van der Waals surface area contributed by atoms with Gasteiger partial charge in [-0.1, -0.05) is 35.9 Å². The second-order valence-electron chi connectivity index (χ2n) is 6.84. The van der Waals surface area contributed by atoms with Crippen molar-refractivity contribution in [2.24, 2.45) is 0 Å². The number of carbonyl (C=O) groups excluding carboxylic acids is 1. The van der Waals surface area contributed by atoms with Crippen LogP contribution in [0.25, 0.3) is 22.5 Å². The number of Topliss-reactive ketones (excluding diaryl/α,β-unsaturated/α-hetero) is 1. The number of rotatable bonds is 5. The molecule has 0 saturated heterocycles. The van der Waals surface area contributed by atoms with Gasteiger partial charge in [-0.2, -0.15) is 0 Å². The second kappa shape index (κ2) is 7.16. The van der Waals surface area contributed by atoms with E-state index >= 15 is 0 Å². The van der Waals surface area contributed by atoms with Gasteiger partial charge in [-0.15, -0.1) is 0 Å². The lowest BCUT2D eigenvalue weighted by atomic mass is 10.0. The lowest BCUT2D eigenvalue weighted by Crippen LogP contribution is -2.07. The van der Waals surface area contributed by atoms with E-state index in [1.807, 2.05) is 68.4 Å². The lowest BCUT2D eigenvalue weighted by Gasteiger charge is -2.07. The summed E-state index contributed by atoms with van der Waals surface area (Å²) in [5.74, 6) is 0.898. The lowest BCUT2D eigenvalue weighted by molar-refractivity contribution is -0.117. The van der Waals surface area contributed by atoms with E-state index in [0.29, 0.717) is 18.6 Å². The van der Waals surface area contributed by atoms with Crippen LogP contribution in [0.3, 0.4) is 0 Å². The molecule has 0 saturated carbocycles. The highest BCUT2D eigenvalue weighted by Gasteiger charge is 2.11. The molecule has 2 heterocycles. The van der Waals surface area contributed by atoms with Gasteiger partial charge >= 0.3 is 0 Å². The Kier molecular flexibility index (Phi) is 4.55. The molecule has 4 rings (SSSR count). The fraction of sp³-hybridized carbons (Fsp3) is 0.174. The van der Waals surface area contributed by atoms with Crippen LogP contribution in [0.5, 0.6) is 0 Å². The molecule has 0 radical (unpaired) electrons. The van der Waals surface area contributed by atoms with Gasteiger partial charge in [0.1, 0.15) is 11.5 Å². The van der Waals surface area contributed by atoms with E-state index in [-0.39, 0.29) is 5.78 Å². The van der Waals surface area contributed by atoms with Crippen molar-refractivity contribution in [3.05, 3.63) is 83.2 Å². The van der Waals surface area contributed by atoms with E-state index < -0.39 is 0 Å². The summed E-state index contributed by atoms with van der Waals surface area (Å²) in [4.78, 5) is 21.8. The molecule has 0 atom stereocenters. The van der Waals surface area contributed by atoms with Crippen LogP contribution in [-0.4, -0.2) is 15.8 Å². The third kappa shape index (κ3) is 3.80. The predicted octanol–water partition coefficient (Wildman–Crippen LogP) is 4.86. The van der Waals surface area contributed by atoms with Crippen LogP contribution in [0, 0.1) is 13.8 Å². The molecule has 4 aromatic rings. The minimum absolute atomic E-state index is 0.190. The van der Waals surface area contributed by atoms with Gasteiger partial charge in [-0.3, -0.25) is 4.79 Å². The van der Waals surface area contributed by atoms with Crippen molar-refractivity contribution in [2.45, 2.75) is 26.7 Å². The molecule has 0 aliphatic rings. The maximum Gasteiger partial charge on any atom is 0.154 e. The molecule has 0 N–H and O–H groups in total. The molecule has 0 aliphatic carbocycles. The van der Waals surface area contributed by atoms with E-state index in [0.717, 1.165) is 33.5 Å². The molecular weight excluding hydrogens is 336 g/mol. The number of furan rings is 1. The molecule has 4 nitrogen and oxygen atoms in total. The first kappa shape index (κ1) is 17.2. The number of carbonyl (C=O) groups is 1. The number of fused-ring (bicyclic) bond motifs is 1. The Morgan fingerprint density at radius 2 is 1.63 bits per heavy atom. The quantitative estimate of drug-likeness (QED) is 0.512. The minimum Gasteiger partial charge on any atom is -0.463 e. The maximum absolute atomic E-state index is 12.4. The molecule has 0 unspecified atom stereocenters. The van der Waals surface area contributed by atoms with Crippen LogP contribution in [-0.2, 0) is 17.6 Å². The van der Waals surface area contributed by atoms with Crippen molar-refractivity contribution < 1.29 is 9.21 Å². The van der Waals surface area contributed by atoms with Crippen molar-refractivity contribution in [1.29, 1.82) is 0 Å². The third-order valence-corrected chi connectivity index (χ3v) is 4.58. The van der Waals surface area contributed by atoms with Crippen molar-refractivity contribution in [3.8, 4) is 11.5 Å². The first-order valence-corrected chi connectivity index (χ1v) is 8.97. The molecule has 0 aliphatic heterocycles. The van der Waals surface area contributed by atoms with Gasteiger partial charge < -0.3 is 4.42 Å². The normalized spacial score (nSPS) is 11.0. The van der Waals surface area contributed by atoms with Gasteiger partial charge in [-0.05, 0) is 49.2 Å². The summed E-state index contributed by atoms with van der Waals surface area (Å²) in [7, 11) is 0. The number of hydrogen-bond donors (Lipinski definition) is 0. The number of nitrogens with zero attached hydrogens (tertiary/aromatic N) is 2. The summed E-state index contributed by atoms with van der Waals surface area (Å²) >= 11 is 0. The topological polar surface area (TPSA) is 56.0 Å². The Balaban J connectivity index is 1.55. The fourth-order valence-corrected chi connectivity index (χ4v) is 3.17. The summed E-state index contributed by atoms with van der Waals surface area (Å²) in [5.41, 5.74) is 6.34. The number of ketones is 1. The average molecular weight is 356 g/mol. The molecule has 0 spiro atoms. The highest BCUT2D eigenvalue weighted by molar-refractivity contribution is 5.85. The first-order chi connectivity index (χ1) is 13.1. The highest BCUT2D eigenvalue weighted by atomic mass is 16.3. The Morgan fingerprint density at radius 1 is 0.889 bits per heavy atom. The van der Waals surface area contributed by atoms with Crippen molar-refractivity contribution in [2.75, 3.05) is 0 Å². The van der Waals surface area contributed by atoms with Gasteiger partial charge in [-0.25, -0.2) is 9.97 Å². The Bertz CT molecular complexity index is 1100. The summed E-state index contributed by atoms with van der Waals surface area (Å²) in [6, 6.07) is 17.6. The summed E-state index contributed by atoms with van der Waals surface area (Å²) in [6.45, 7) is 3.96. The van der Waals surface area contributed by atoms with Gasteiger partial charge in [0.15, 0.2) is 5.76 Å². The van der Waals surface area contributed by atoms with Crippen LogP contribution < -0.4 is 0 Å². The number of benzene rings is 2. The third-order valence-electron chi connectivity index (χ3n) is 4.58. The monoisotopic (exact) mass is 356 g/mol. The van der Waals surface area contributed by atoms with Gasteiger partial charge in [0.2, 0.25) is 0 Å². The molecule has 2 aromatic heterocycles. The van der Waals surface area contributed by atoms with Crippen molar-refractivity contribution in [1.82, 2.24) is 9.97 Å². The number of aryl methyl sites for hydroxylation is 2. The predicted molar refractivity (Wildman–Crippen MR) is 106 cm³/mol. The summed E-state index contributed by atoms with van der Waals surface area (Å²) in [5, 5.41) is 0. The number of aromatic nitrogens is 2. The Hall–Kier alpha value is -3.27. The summed E-state index contributed by atoms with van der Waals surface area (Å²) < 4.78 is 5.44. The Labute approximate surface area is 157 Å². The maximum atomic E-state index is 12.4. The van der Waals surface area contributed by atoms with E-state index in [4.69, 9.17) is 4.42 Å². The molecule has 27 heavy (non-hydrogen) atoms. The standard InChI is InChI=1S/C23H20N2O2/c1-15-5-7-17(8-6-15)12-19(26)13-18-9-10-20-21(14-18)24-16(2)23(25-20)22-4-3-11-27-22/h3-11,14H,12-13H2,1-2H3. The zero-order valence-electron chi connectivity index (χ0n) is 15.4. The SMILES string of the molecule is Cc1ccc(CC(=O)Cc2ccc3nc(-c4ccco4)c(C)nc3c2)cc1. The van der Waals surface area contributed by atoms with Gasteiger partial charge in [0.25, 0.3) is 0 Å². The molecule has 0 bridgehead atoms. The number of hydrogen-bond acceptors (Lipinski definition) is 4. The summed E-state index contributed by atoms with van der Waals surface area (Å²) in [6.07, 6.45) is 2.47. The zero-order chi connectivity index (χ0) is 18.8. The van der Waals surface area contributed by atoms with Crippen LogP contribution in [0.2, 0.25) is 0 Å². The van der Waals surface area contributed by atoms with E-state index in [9.17, 15) is 4.79 Å². The zero-order valence-corrected chi connectivity index (χ0v) is 15.4. The molecule has 134 valence electrons.